The van der Waals surface area contributed by atoms with Crippen molar-refractivity contribution in [2.45, 2.75) is 44.9 Å². The van der Waals surface area contributed by atoms with Crippen molar-refractivity contribution in [1.82, 2.24) is 5.32 Å². The average Bonchev–Trinajstić information content (AvgIpc) is 2.86. The van der Waals surface area contributed by atoms with Crippen LogP contribution in [0, 0.1) is 11.7 Å². The van der Waals surface area contributed by atoms with Crippen LogP contribution in [0.1, 0.15) is 45.1 Å². The summed E-state index contributed by atoms with van der Waals surface area (Å²) in [6.07, 6.45) is 4.48. The Bertz CT molecular complexity index is 433. The van der Waals surface area contributed by atoms with Crippen molar-refractivity contribution in [2.75, 3.05) is 6.54 Å². The third-order valence-corrected chi connectivity index (χ3v) is 4.14. The second-order valence-electron chi connectivity index (χ2n) is 5.87. The van der Waals surface area contributed by atoms with E-state index in [1.54, 1.807) is 0 Å². The summed E-state index contributed by atoms with van der Waals surface area (Å²) in [7, 11) is 0. The second-order valence-corrected chi connectivity index (χ2v) is 5.87. The third kappa shape index (κ3) is 3.14. The Morgan fingerprint density at radius 3 is 2.37 bits per heavy atom. The first-order valence-electron chi connectivity index (χ1n) is 7.07. The van der Waals surface area contributed by atoms with Gasteiger partial charge in [0.2, 0.25) is 5.91 Å². The van der Waals surface area contributed by atoms with Crippen LogP contribution in [0.2, 0.25) is 0 Å². The van der Waals surface area contributed by atoms with Crippen molar-refractivity contribution in [2.24, 2.45) is 5.92 Å². The van der Waals surface area contributed by atoms with E-state index in [0.717, 1.165) is 18.4 Å². The van der Waals surface area contributed by atoms with E-state index in [4.69, 9.17) is 0 Å². The predicted octanol–water partition coefficient (Wildman–Crippen LogP) is 3.41. The zero-order valence-corrected chi connectivity index (χ0v) is 11.7. The highest BCUT2D eigenvalue weighted by Crippen LogP contribution is 2.40. The topological polar surface area (TPSA) is 29.1 Å². The van der Waals surface area contributed by atoms with Crippen LogP contribution in [0.4, 0.5) is 4.39 Å². The van der Waals surface area contributed by atoms with Gasteiger partial charge in [0, 0.05) is 17.9 Å². The van der Waals surface area contributed by atoms with E-state index >= 15 is 0 Å². The Hall–Kier alpha value is -1.38. The van der Waals surface area contributed by atoms with Crippen LogP contribution in [0.15, 0.2) is 24.3 Å². The van der Waals surface area contributed by atoms with Gasteiger partial charge in [-0.1, -0.05) is 38.8 Å². The second kappa shape index (κ2) is 5.72. The van der Waals surface area contributed by atoms with Gasteiger partial charge in [0.15, 0.2) is 0 Å². The minimum absolute atomic E-state index is 0.00174. The summed E-state index contributed by atoms with van der Waals surface area (Å²) in [6, 6.07) is 6.75. The van der Waals surface area contributed by atoms with E-state index in [0.29, 0.717) is 6.54 Å². The molecule has 0 saturated heterocycles. The van der Waals surface area contributed by atoms with E-state index in [9.17, 15) is 9.18 Å². The largest absolute Gasteiger partial charge is 0.355 e. The standard InChI is InChI=1S/C16H22FNO/c1-12(2)15(19)18-11-16(9-3-4-10-16)13-5-7-14(17)8-6-13/h5-8,12H,3-4,9-11H2,1-2H3,(H,18,19). The summed E-state index contributed by atoms with van der Waals surface area (Å²) in [4.78, 5) is 11.8. The van der Waals surface area contributed by atoms with Crippen LogP contribution < -0.4 is 5.32 Å². The molecule has 1 aliphatic carbocycles. The normalized spacial score (nSPS) is 17.7. The maximum Gasteiger partial charge on any atom is 0.222 e. The highest BCUT2D eigenvalue weighted by atomic mass is 19.1. The van der Waals surface area contributed by atoms with Gasteiger partial charge in [-0.05, 0) is 30.5 Å². The van der Waals surface area contributed by atoms with E-state index in [1.807, 2.05) is 26.0 Å². The number of hydrogen-bond donors (Lipinski definition) is 1. The molecule has 2 nitrogen and oxygen atoms in total. The van der Waals surface area contributed by atoms with Gasteiger partial charge in [-0.25, -0.2) is 4.39 Å². The predicted molar refractivity (Wildman–Crippen MR) is 74.4 cm³/mol. The minimum atomic E-state index is -0.205. The number of carbonyl (C=O) groups is 1. The lowest BCUT2D eigenvalue weighted by Gasteiger charge is -2.30. The van der Waals surface area contributed by atoms with Crippen molar-refractivity contribution in [1.29, 1.82) is 0 Å². The molecule has 1 N–H and O–H groups in total. The fourth-order valence-corrected chi connectivity index (χ4v) is 2.88. The number of hydrogen-bond acceptors (Lipinski definition) is 1. The lowest BCUT2D eigenvalue weighted by Crippen LogP contribution is -2.40. The number of nitrogens with one attached hydrogen (secondary N) is 1. The number of carbonyl (C=O) groups excluding carboxylic acids is 1. The first kappa shape index (κ1) is 14.0. The lowest BCUT2D eigenvalue weighted by atomic mass is 9.78. The molecule has 0 aliphatic heterocycles. The van der Waals surface area contributed by atoms with Gasteiger partial charge in [-0.2, -0.15) is 0 Å². The molecule has 2 rings (SSSR count). The van der Waals surface area contributed by atoms with Gasteiger partial charge in [0.05, 0.1) is 0 Å². The van der Waals surface area contributed by atoms with Crippen LogP contribution in [-0.4, -0.2) is 12.5 Å². The van der Waals surface area contributed by atoms with Crippen LogP contribution in [0.5, 0.6) is 0 Å². The molecule has 1 saturated carbocycles. The molecule has 104 valence electrons. The molecule has 0 unspecified atom stereocenters. The van der Waals surface area contributed by atoms with Crippen molar-refractivity contribution in [3.8, 4) is 0 Å². The Balaban J connectivity index is 2.14. The van der Waals surface area contributed by atoms with Gasteiger partial charge in [-0.15, -0.1) is 0 Å². The molecule has 1 fully saturated rings. The molecule has 0 radical (unpaired) electrons. The van der Waals surface area contributed by atoms with Gasteiger partial charge in [-0.3, -0.25) is 4.79 Å². The number of halogens is 1. The molecule has 1 aliphatic rings. The van der Waals surface area contributed by atoms with Crippen LogP contribution >= 0.6 is 0 Å². The molecule has 0 aromatic heterocycles. The number of amides is 1. The van der Waals surface area contributed by atoms with E-state index in [2.05, 4.69) is 5.32 Å². The SMILES string of the molecule is CC(C)C(=O)NCC1(c2ccc(F)cc2)CCCC1. The Morgan fingerprint density at radius 2 is 1.84 bits per heavy atom. The molecule has 1 aromatic carbocycles. The highest BCUT2D eigenvalue weighted by molar-refractivity contribution is 5.77. The van der Waals surface area contributed by atoms with Gasteiger partial charge >= 0.3 is 0 Å². The minimum Gasteiger partial charge on any atom is -0.355 e. The zero-order valence-electron chi connectivity index (χ0n) is 11.7. The highest BCUT2D eigenvalue weighted by Gasteiger charge is 2.35. The fourth-order valence-electron chi connectivity index (χ4n) is 2.88. The summed E-state index contributed by atoms with van der Waals surface area (Å²) in [5, 5.41) is 3.05. The van der Waals surface area contributed by atoms with Gasteiger partial charge in [0.1, 0.15) is 5.82 Å². The summed E-state index contributed by atoms with van der Waals surface area (Å²) in [5.41, 5.74) is 1.15. The Morgan fingerprint density at radius 1 is 1.26 bits per heavy atom. The summed E-state index contributed by atoms with van der Waals surface area (Å²) in [5.74, 6) is -0.108. The van der Waals surface area contributed by atoms with Crippen LogP contribution in [0.3, 0.4) is 0 Å². The number of rotatable bonds is 4. The molecule has 1 aromatic rings. The quantitative estimate of drug-likeness (QED) is 0.886. The van der Waals surface area contributed by atoms with Crippen LogP contribution in [0.25, 0.3) is 0 Å². The molecule has 0 spiro atoms. The molecule has 1 amide bonds. The van der Waals surface area contributed by atoms with Gasteiger partial charge in [0.25, 0.3) is 0 Å². The van der Waals surface area contributed by atoms with Crippen molar-refractivity contribution < 1.29 is 9.18 Å². The smallest absolute Gasteiger partial charge is 0.222 e. The number of benzene rings is 1. The molecule has 3 heteroatoms. The Labute approximate surface area is 114 Å². The van der Waals surface area contributed by atoms with Crippen molar-refractivity contribution in [3.05, 3.63) is 35.6 Å². The molecule has 19 heavy (non-hydrogen) atoms. The maximum atomic E-state index is 13.0. The van der Waals surface area contributed by atoms with E-state index in [-0.39, 0.29) is 23.1 Å². The molecular weight excluding hydrogens is 241 g/mol. The lowest BCUT2D eigenvalue weighted by molar-refractivity contribution is -0.124. The van der Waals surface area contributed by atoms with Crippen molar-refractivity contribution >= 4 is 5.91 Å². The monoisotopic (exact) mass is 263 g/mol. The van der Waals surface area contributed by atoms with Crippen molar-refractivity contribution in [3.63, 3.8) is 0 Å². The first-order valence-corrected chi connectivity index (χ1v) is 7.07. The Kier molecular flexibility index (Phi) is 4.23. The fraction of sp³-hybridized carbons (Fsp3) is 0.562. The summed E-state index contributed by atoms with van der Waals surface area (Å²) < 4.78 is 13.0. The molecule has 0 heterocycles. The molecule has 0 atom stereocenters. The molecule has 0 bridgehead atoms. The maximum absolute atomic E-state index is 13.0. The zero-order chi connectivity index (χ0) is 13.9. The van der Waals surface area contributed by atoms with E-state index < -0.39 is 0 Å². The summed E-state index contributed by atoms with van der Waals surface area (Å²) in [6.45, 7) is 4.46. The summed E-state index contributed by atoms with van der Waals surface area (Å²) >= 11 is 0. The molecular formula is C16H22FNO. The van der Waals surface area contributed by atoms with Gasteiger partial charge < -0.3 is 5.32 Å². The van der Waals surface area contributed by atoms with E-state index in [1.165, 1.54) is 25.0 Å². The first-order chi connectivity index (χ1) is 9.03. The average molecular weight is 263 g/mol. The third-order valence-electron chi connectivity index (χ3n) is 4.14. The van der Waals surface area contributed by atoms with Crippen LogP contribution in [-0.2, 0) is 10.2 Å².